The molecule has 2 aromatic rings. The molecule has 0 heterocycles. The van der Waals surface area contributed by atoms with Gasteiger partial charge in [0, 0.05) is 34.6 Å². The van der Waals surface area contributed by atoms with Crippen LogP contribution in [0.4, 0.5) is 10.1 Å². The molecule has 2 rings (SSSR count). The number of rotatable bonds is 8. The van der Waals surface area contributed by atoms with Crippen molar-refractivity contribution in [1.29, 1.82) is 0 Å². The number of hydrogen-bond acceptors (Lipinski definition) is 3. The van der Waals surface area contributed by atoms with Crippen LogP contribution in [0.2, 0.25) is 0 Å². The molecule has 0 bridgehead atoms. The second-order valence-electron chi connectivity index (χ2n) is 5.47. The molecule has 0 fully saturated rings. The van der Waals surface area contributed by atoms with Crippen molar-refractivity contribution in [3.63, 3.8) is 0 Å². The number of amides is 2. The zero-order valence-corrected chi connectivity index (χ0v) is 16.5. The van der Waals surface area contributed by atoms with Crippen LogP contribution in [0, 0.1) is 9.39 Å². The minimum Gasteiger partial charge on any atom is -0.382 e. The second kappa shape index (κ2) is 10.2. The van der Waals surface area contributed by atoms with Crippen LogP contribution in [0.5, 0.6) is 0 Å². The largest absolute Gasteiger partial charge is 0.382 e. The Morgan fingerprint density at radius 2 is 1.96 bits per heavy atom. The molecule has 0 radical (unpaired) electrons. The first-order chi connectivity index (χ1) is 12.5. The first kappa shape index (κ1) is 20.3. The Hall–Kier alpha value is -2.00. The number of benzene rings is 2. The minimum atomic E-state index is -0.394. The van der Waals surface area contributed by atoms with Crippen LogP contribution in [0.1, 0.15) is 34.1 Å². The van der Waals surface area contributed by atoms with E-state index in [-0.39, 0.29) is 11.8 Å². The van der Waals surface area contributed by atoms with Crippen molar-refractivity contribution in [3.8, 4) is 0 Å². The van der Waals surface area contributed by atoms with Gasteiger partial charge in [-0.1, -0.05) is 6.07 Å². The summed E-state index contributed by atoms with van der Waals surface area (Å²) < 4.78 is 18.9. The van der Waals surface area contributed by atoms with E-state index in [1.54, 1.807) is 24.3 Å². The summed E-state index contributed by atoms with van der Waals surface area (Å²) in [6, 6.07) is 10.6. The number of anilines is 1. The van der Waals surface area contributed by atoms with Gasteiger partial charge in [-0.05, 0) is 72.3 Å². The van der Waals surface area contributed by atoms with E-state index in [0.29, 0.717) is 40.1 Å². The normalized spacial score (nSPS) is 10.4. The van der Waals surface area contributed by atoms with E-state index < -0.39 is 5.82 Å². The minimum absolute atomic E-state index is 0.214. The average Bonchev–Trinajstić information content (AvgIpc) is 2.61. The summed E-state index contributed by atoms with van der Waals surface area (Å²) in [4.78, 5) is 24.5. The monoisotopic (exact) mass is 470 g/mol. The van der Waals surface area contributed by atoms with Gasteiger partial charge in [-0.15, -0.1) is 0 Å². The molecule has 26 heavy (non-hydrogen) atoms. The van der Waals surface area contributed by atoms with Gasteiger partial charge in [0.1, 0.15) is 5.82 Å². The fraction of sp³-hybridized carbons (Fsp3) is 0.263. The molecule has 0 aliphatic heterocycles. The zero-order chi connectivity index (χ0) is 18.9. The third-order valence-electron chi connectivity index (χ3n) is 3.51. The molecule has 0 atom stereocenters. The lowest BCUT2D eigenvalue weighted by atomic mass is 10.1. The summed E-state index contributed by atoms with van der Waals surface area (Å²) in [5.41, 5.74) is 1.32. The number of carbonyl (C=O) groups excluding carboxylic acids is 2. The fourth-order valence-corrected chi connectivity index (χ4v) is 2.96. The van der Waals surface area contributed by atoms with Crippen molar-refractivity contribution in [2.75, 3.05) is 25.1 Å². The molecule has 2 aromatic carbocycles. The van der Waals surface area contributed by atoms with Gasteiger partial charge in [-0.3, -0.25) is 9.59 Å². The smallest absolute Gasteiger partial charge is 0.256 e. The highest BCUT2D eigenvalue weighted by atomic mass is 127. The molecule has 0 unspecified atom stereocenters. The molecule has 0 aliphatic rings. The summed E-state index contributed by atoms with van der Waals surface area (Å²) in [7, 11) is 0. The van der Waals surface area contributed by atoms with Crippen molar-refractivity contribution >= 4 is 40.1 Å². The number of nitrogens with one attached hydrogen (secondary N) is 2. The van der Waals surface area contributed by atoms with Gasteiger partial charge < -0.3 is 15.4 Å². The average molecular weight is 470 g/mol. The zero-order valence-electron chi connectivity index (χ0n) is 14.4. The van der Waals surface area contributed by atoms with Crippen molar-refractivity contribution < 1.29 is 18.7 Å². The Morgan fingerprint density at radius 3 is 2.69 bits per heavy atom. The van der Waals surface area contributed by atoms with E-state index in [1.165, 1.54) is 18.2 Å². The fourth-order valence-electron chi connectivity index (χ4n) is 2.23. The molecule has 0 aromatic heterocycles. The highest BCUT2D eigenvalue weighted by Gasteiger charge is 2.12. The Balaban J connectivity index is 1.97. The van der Waals surface area contributed by atoms with Crippen LogP contribution in [-0.4, -0.2) is 31.6 Å². The highest BCUT2D eigenvalue weighted by Crippen LogP contribution is 2.17. The van der Waals surface area contributed by atoms with E-state index in [2.05, 4.69) is 10.6 Å². The summed E-state index contributed by atoms with van der Waals surface area (Å²) in [6.45, 7) is 3.69. The lowest BCUT2D eigenvalue weighted by molar-refractivity contribution is 0.0943. The van der Waals surface area contributed by atoms with Gasteiger partial charge in [-0.25, -0.2) is 4.39 Å². The molecule has 0 aliphatic carbocycles. The molecule has 0 saturated heterocycles. The quantitative estimate of drug-likeness (QED) is 0.455. The Labute approximate surface area is 165 Å². The molecule has 2 amide bonds. The predicted molar refractivity (Wildman–Crippen MR) is 107 cm³/mol. The molecule has 0 spiro atoms. The molecular weight excluding hydrogens is 450 g/mol. The number of halogens is 2. The number of ether oxygens (including phenoxy) is 1. The van der Waals surface area contributed by atoms with Crippen molar-refractivity contribution in [1.82, 2.24) is 5.32 Å². The first-order valence-electron chi connectivity index (χ1n) is 8.23. The van der Waals surface area contributed by atoms with Crippen LogP contribution in [0.25, 0.3) is 0 Å². The van der Waals surface area contributed by atoms with Gasteiger partial charge in [-0.2, -0.15) is 0 Å². The van der Waals surface area contributed by atoms with E-state index in [1.807, 2.05) is 29.5 Å². The van der Waals surface area contributed by atoms with Crippen LogP contribution in [0.3, 0.4) is 0 Å². The lowest BCUT2D eigenvalue weighted by Gasteiger charge is -2.09. The third-order valence-corrected chi connectivity index (χ3v) is 4.41. The topological polar surface area (TPSA) is 67.4 Å². The van der Waals surface area contributed by atoms with E-state index >= 15 is 0 Å². The summed E-state index contributed by atoms with van der Waals surface area (Å²) in [5.74, 6) is -0.966. The molecular formula is C19H20FIN2O3. The standard InChI is InChI=1S/C19H20FIN2O3/c1-2-26-10-4-9-22-18(24)13-5-3-6-15(11-13)23-19(25)16-8-7-14(20)12-17(16)21/h3,5-8,11-12H,2,4,9-10H2,1H3,(H,22,24)(H,23,25). The van der Waals surface area contributed by atoms with Crippen LogP contribution in [0.15, 0.2) is 42.5 Å². The van der Waals surface area contributed by atoms with Gasteiger partial charge in [0.25, 0.3) is 11.8 Å². The maximum absolute atomic E-state index is 13.2. The van der Waals surface area contributed by atoms with E-state index in [9.17, 15) is 14.0 Å². The van der Waals surface area contributed by atoms with Crippen molar-refractivity contribution in [2.24, 2.45) is 0 Å². The van der Waals surface area contributed by atoms with E-state index in [0.717, 1.165) is 6.42 Å². The maximum Gasteiger partial charge on any atom is 0.256 e. The summed E-state index contributed by atoms with van der Waals surface area (Å²) in [5, 5.41) is 5.54. The van der Waals surface area contributed by atoms with Crippen LogP contribution < -0.4 is 10.6 Å². The first-order valence-corrected chi connectivity index (χ1v) is 9.31. The molecule has 138 valence electrons. The molecule has 0 saturated carbocycles. The lowest BCUT2D eigenvalue weighted by Crippen LogP contribution is -2.25. The second-order valence-corrected chi connectivity index (χ2v) is 6.63. The SMILES string of the molecule is CCOCCCNC(=O)c1cccc(NC(=O)c2ccc(F)cc2I)c1. The Bertz CT molecular complexity index is 783. The van der Waals surface area contributed by atoms with Gasteiger partial charge in [0.2, 0.25) is 0 Å². The van der Waals surface area contributed by atoms with Gasteiger partial charge >= 0.3 is 0 Å². The van der Waals surface area contributed by atoms with Gasteiger partial charge in [0.05, 0.1) is 5.56 Å². The van der Waals surface area contributed by atoms with Crippen LogP contribution >= 0.6 is 22.6 Å². The number of carbonyl (C=O) groups is 2. The highest BCUT2D eigenvalue weighted by molar-refractivity contribution is 14.1. The molecule has 7 heteroatoms. The van der Waals surface area contributed by atoms with Crippen molar-refractivity contribution in [3.05, 3.63) is 63.0 Å². The summed E-state index contributed by atoms with van der Waals surface area (Å²) >= 11 is 1.91. The van der Waals surface area contributed by atoms with Crippen molar-refractivity contribution in [2.45, 2.75) is 13.3 Å². The maximum atomic E-state index is 13.2. The van der Waals surface area contributed by atoms with Crippen LogP contribution in [-0.2, 0) is 4.74 Å². The third kappa shape index (κ3) is 6.06. The van der Waals surface area contributed by atoms with E-state index in [4.69, 9.17) is 4.74 Å². The predicted octanol–water partition coefficient (Wildman–Crippen LogP) is 3.84. The Kier molecular flexibility index (Phi) is 7.99. The molecule has 5 nitrogen and oxygen atoms in total. The summed E-state index contributed by atoms with van der Waals surface area (Å²) in [6.07, 6.45) is 0.735. The van der Waals surface area contributed by atoms with Gasteiger partial charge in [0.15, 0.2) is 0 Å². The Morgan fingerprint density at radius 1 is 1.15 bits per heavy atom. The number of hydrogen-bond donors (Lipinski definition) is 2. The molecule has 2 N–H and O–H groups in total.